The Morgan fingerprint density at radius 2 is 2.32 bits per heavy atom. The molecule has 0 amide bonds. The summed E-state index contributed by atoms with van der Waals surface area (Å²) in [6.07, 6.45) is 3.38. The molecule has 1 aromatic heterocycles. The van der Waals surface area contributed by atoms with Crippen molar-refractivity contribution in [2.24, 2.45) is 5.92 Å². The number of rotatable bonds is 6. The highest BCUT2D eigenvalue weighted by Gasteiger charge is 2.26. The molecule has 1 aliphatic rings. The van der Waals surface area contributed by atoms with E-state index in [4.69, 9.17) is 4.74 Å². The first kappa shape index (κ1) is 14.5. The van der Waals surface area contributed by atoms with Gasteiger partial charge in [0.1, 0.15) is 0 Å². The summed E-state index contributed by atoms with van der Waals surface area (Å²) in [5.41, 5.74) is 2.46. The van der Waals surface area contributed by atoms with Gasteiger partial charge in [-0.1, -0.05) is 6.92 Å². The third-order valence-corrected chi connectivity index (χ3v) is 3.89. The zero-order valence-electron chi connectivity index (χ0n) is 12.5. The van der Waals surface area contributed by atoms with E-state index in [2.05, 4.69) is 41.9 Å². The Kier molecular flexibility index (Phi) is 5.40. The van der Waals surface area contributed by atoms with Crippen LogP contribution in [0.1, 0.15) is 38.1 Å². The highest BCUT2D eigenvalue weighted by molar-refractivity contribution is 5.10. The second-order valence-corrected chi connectivity index (χ2v) is 5.48. The molecule has 0 saturated carbocycles. The average Bonchev–Trinajstić information content (AvgIpc) is 2.78. The molecule has 4 heteroatoms. The SMILES string of the molecule is CCCNC1CCOCC1Cc1cc(C)nn1CC. The fraction of sp³-hybridized carbons (Fsp3) is 0.800. The van der Waals surface area contributed by atoms with Crippen LogP contribution in [-0.2, 0) is 17.7 Å². The van der Waals surface area contributed by atoms with Crippen LogP contribution < -0.4 is 5.32 Å². The number of hydrogen-bond donors (Lipinski definition) is 1. The van der Waals surface area contributed by atoms with E-state index in [0.717, 1.165) is 44.8 Å². The number of nitrogens with one attached hydrogen (secondary N) is 1. The molecular formula is C15H27N3O. The fourth-order valence-electron chi connectivity index (χ4n) is 2.90. The van der Waals surface area contributed by atoms with Gasteiger partial charge in [0.25, 0.3) is 0 Å². The van der Waals surface area contributed by atoms with Crippen molar-refractivity contribution in [1.82, 2.24) is 15.1 Å². The Balaban J connectivity index is 2.01. The van der Waals surface area contributed by atoms with Crippen molar-refractivity contribution >= 4 is 0 Å². The van der Waals surface area contributed by atoms with E-state index in [-0.39, 0.29) is 0 Å². The van der Waals surface area contributed by atoms with Crippen molar-refractivity contribution in [1.29, 1.82) is 0 Å². The van der Waals surface area contributed by atoms with Crippen LogP contribution >= 0.6 is 0 Å². The van der Waals surface area contributed by atoms with Gasteiger partial charge in [-0.25, -0.2) is 0 Å². The van der Waals surface area contributed by atoms with E-state index >= 15 is 0 Å². The van der Waals surface area contributed by atoms with E-state index in [9.17, 15) is 0 Å². The van der Waals surface area contributed by atoms with Crippen LogP contribution in [0.2, 0.25) is 0 Å². The maximum absolute atomic E-state index is 5.68. The predicted octanol–water partition coefficient (Wildman–Crippen LogP) is 2.16. The maximum Gasteiger partial charge on any atom is 0.0596 e. The summed E-state index contributed by atoms with van der Waals surface area (Å²) >= 11 is 0. The Hall–Kier alpha value is -0.870. The molecule has 2 unspecified atom stereocenters. The Labute approximate surface area is 116 Å². The van der Waals surface area contributed by atoms with Crippen LogP contribution in [-0.4, -0.2) is 35.6 Å². The molecule has 2 rings (SSSR count). The molecule has 1 aromatic rings. The van der Waals surface area contributed by atoms with Gasteiger partial charge in [-0.2, -0.15) is 5.10 Å². The van der Waals surface area contributed by atoms with Crippen LogP contribution in [0.5, 0.6) is 0 Å². The van der Waals surface area contributed by atoms with Gasteiger partial charge in [0.2, 0.25) is 0 Å². The minimum Gasteiger partial charge on any atom is -0.381 e. The van der Waals surface area contributed by atoms with Gasteiger partial charge in [-0.05, 0) is 45.7 Å². The minimum atomic E-state index is 0.571. The second kappa shape index (κ2) is 7.06. The second-order valence-electron chi connectivity index (χ2n) is 5.48. The van der Waals surface area contributed by atoms with E-state index in [0.29, 0.717) is 12.0 Å². The van der Waals surface area contributed by atoms with Crippen molar-refractivity contribution < 1.29 is 4.74 Å². The molecule has 0 aromatic carbocycles. The number of ether oxygens (including phenoxy) is 1. The average molecular weight is 265 g/mol. The van der Waals surface area contributed by atoms with E-state index < -0.39 is 0 Å². The molecule has 108 valence electrons. The van der Waals surface area contributed by atoms with Crippen molar-refractivity contribution in [2.75, 3.05) is 19.8 Å². The van der Waals surface area contributed by atoms with E-state index in [1.54, 1.807) is 0 Å². The van der Waals surface area contributed by atoms with Gasteiger partial charge in [-0.15, -0.1) is 0 Å². The predicted molar refractivity (Wildman–Crippen MR) is 77.3 cm³/mol. The lowest BCUT2D eigenvalue weighted by atomic mass is 9.91. The summed E-state index contributed by atoms with van der Waals surface area (Å²) in [4.78, 5) is 0. The largest absolute Gasteiger partial charge is 0.381 e. The van der Waals surface area contributed by atoms with Gasteiger partial charge >= 0.3 is 0 Å². The molecule has 1 aliphatic heterocycles. The van der Waals surface area contributed by atoms with Crippen LogP contribution in [0.25, 0.3) is 0 Å². The molecular weight excluding hydrogens is 238 g/mol. The first-order chi connectivity index (χ1) is 9.24. The number of nitrogens with zero attached hydrogens (tertiary/aromatic N) is 2. The van der Waals surface area contributed by atoms with E-state index in [1.165, 1.54) is 12.1 Å². The zero-order valence-corrected chi connectivity index (χ0v) is 12.5. The van der Waals surface area contributed by atoms with Crippen LogP contribution in [0.4, 0.5) is 0 Å². The maximum atomic E-state index is 5.68. The fourth-order valence-corrected chi connectivity index (χ4v) is 2.90. The van der Waals surface area contributed by atoms with Crippen LogP contribution in [0, 0.1) is 12.8 Å². The van der Waals surface area contributed by atoms with Crippen molar-refractivity contribution in [3.8, 4) is 0 Å². The summed E-state index contributed by atoms with van der Waals surface area (Å²) in [7, 11) is 0. The highest BCUT2D eigenvalue weighted by atomic mass is 16.5. The summed E-state index contributed by atoms with van der Waals surface area (Å²) in [5.74, 6) is 0.571. The molecule has 0 radical (unpaired) electrons. The summed E-state index contributed by atoms with van der Waals surface area (Å²) in [5, 5.41) is 8.21. The Morgan fingerprint density at radius 1 is 1.47 bits per heavy atom. The van der Waals surface area contributed by atoms with Gasteiger partial charge in [0, 0.05) is 30.8 Å². The minimum absolute atomic E-state index is 0.571. The topological polar surface area (TPSA) is 39.1 Å². The molecule has 1 N–H and O–H groups in total. The number of aryl methyl sites for hydroxylation is 2. The molecule has 2 atom stereocenters. The van der Waals surface area contributed by atoms with Gasteiger partial charge in [0.15, 0.2) is 0 Å². The summed E-state index contributed by atoms with van der Waals surface area (Å²) < 4.78 is 7.80. The number of hydrogen-bond acceptors (Lipinski definition) is 3. The van der Waals surface area contributed by atoms with Crippen LogP contribution in [0.15, 0.2) is 6.07 Å². The Bertz CT molecular complexity index is 389. The van der Waals surface area contributed by atoms with Crippen molar-refractivity contribution in [2.45, 2.75) is 52.6 Å². The molecule has 1 saturated heterocycles. The lowest BCUT2D eigenvalue weighted by molar-refractivity contribution is 0.0315. The molecule has 2 heterocycles. The molecule has 19 heavy (non-hydrogen) atoms. The molecule has 1 fully saturated rings. The number of aromatic nitrogens is 2. The lowest BCUT2D eigenvalue weighted by Gasteiger charge is -2.32. The first-order valence-corrected chi connectivity index (χ1v) is 7.59. The quantitative estimate of drug-likeness (QED) is 0.856. The molecule has 0 bridgehead atoms. The van der Waals surface area contributed by atoms with Gasteiger partial charge < -0.3 is 10.1 Å². The van der Waals surface area contributed by atoms with Gasteiger partial charge in [-0.3, -0.25) is 4.68 Å². The van der Waals surface area contributed by atoms with E-state index in [1.807, 2.05) is 0 Å². The van der Waals surface area contributed by atoms with Gasteiger partial charge in [0.05, 0.1) is 12.3 Å². The smallest absolute Gasteiger partial charge is 0.0596 e. The van der Waals surface area contributed by atoms with Crippen LogP contribution in [0.3, 0.4) is 0 Å². The first-order valence-electron chi connectivity index (χ1n) is 7.59. The standard InChI is InChI=1S/C15H27N3O/c1-4-7-16-15-6-8-19-11-13(15)10-14-9-12(3)17-18(14)5-2/h9,13,15-16H,4-8,10-11H2,1-3H3. The lowest BCUT2D eigenvalue weighted by Crippen LogP contribution is -2.44. The van der Waals surface area contributed by atoms with Crippen molar-refractivity contribution in [3.63, 3.8) is 0 Å². The zero-order chi connectivity index (χ0) is 13.7. The third kappa shape index (κ3) is 3.80. The molecule has 0 spiro atoms. The molecule has 4 nitrogen and oxygen atoms in total. The highest BCUT2D eigenvalue weighted by Crippen LogP contribution is 2.20. The normalized spacial score (nSPS) is 23.7. The monoisotopic (exact) mass is 265 g/mol. The summed E-state index contributed by atoms with van der Waals surface area (Å²) in [6, 6.07) is 2.81. The summed E-state index contributed by atoms with van der Waals surface area (Å²) in [6.45, 7) is 10.3. The Morgan fingerprint density at radius 3 is 3.05 bits per heavy atom. The third-order valence-electron chi connectivity index (χ3n) is 3.89. The molecule has 0 aliphatic carbocycles. The van der Waals surface area contributed by atoms with Crippen molar-refractivity contribution in [3.05, 3.63) is 17.5 Å².